The van der Waals surface area contributed by atoms with Crippen molar-refractivity contribution in [2.45, 2.75) is 13.5 Å². The van der Waals surface area contributed by atoms with Crippen LogP contribution in [-0.4, -0.2) is 16.7 Å². The first-order chi connectivity index (χ1) is 8.33. The standard InChI is InChI=1S/C14H15NO2/c1-2-17-14-8-7-13(9-15-14)12-5-3-11(10-16)4-6-12/h3-9,16H,2,10H2,1H3. The maximum Gasteiger partial charge on any atom is 0.213 e. The van der Waals surface area contributed by atoms with Crippen LogP contribution >= 0.6 is 0 Å². The van der Waals surface area contributed by atoms with E-state index in [0.29, 0.717) is 12.5 Å². The van der Waals surface area contributed by atoms with Gasteiger partial charge in [0.25, 0.3) is 0 Å². The third-order valence-electron chi connectivity index (χ3n) is 2.50. The Hall–Kier alpha value is -1.87. The second-order valence-electron chi connectivity index (χ2n) is 3.67. The van der Waals surface area contributed by atoms with Crippen molar-refractivity contribution in [1.82, 2.24) is 4.98 Å². The fraction of sp³-hybridized carbons (Fsp3) is 0.214. The van der Waals surface area contributed by atoms with Gasteiger partial charge >= 0.3 is 0 Å². The molecule has 0 aliphatic heterocycles. The first-order valence-corrected chi connectivity index (χ1v) is 5.62. The molecule has 0 bridgehead atoms. The summed E-state index contributed by atoms with van der Waals surface area (Å²) in [5.41, 5.74) is 3.03. The van der Waals surface area contributed by atoms with Crippen LogP contribution in [0.1, 0.15) is 12.5 Å². The second-order valence-corrected chi connectivity index (χ2v) is 3.67. The monoisotopic (exact) mass is 229 g/mol. The number of aliphatic hydroxyl groups excluding tert-OH is 1. The number of ether oxygens (including phenoxy) is 1. The molecule has 0 aliphatic rings. The lowest BCUT2D eigenvalue weighted by atomic mass is 10.1. The summed E-state index contributed by atoms with van der Waals surface area (Å²) in [5, 5.41) is 8.97. The van der Waals surface area contributed by atoms with Crippen molar-refractivity contribution in [3.8, 4) is 17.0 Å². The fourth-order valence-electron chi connectivity index (χ4n) is 1.59. The number of nitrogens with zero attached hydrogens (tertiary/aromatic N) is 1. The van der Waals surface area contributed by atoms with Crippen molar-refractivity contribution in [1.29, 1.82) is 0 Å². The molecule has 3 nitrogen and oxygen atoms in total. The number of hydrogen-bond acceptors (Lipinski definition) is 3. The molecule has 0 fully saturated rings. The second kappa shape index (κ2) is 5.46. The summed E-state index contributed by atoms with van der Waals surface area (Å²) < 4.78 is 5.29. The van der Waals surface area contributed by atoms with Gasteiger partial charge in [-0.05, 0) is 24.1 Å². The van der Waals surface area contributed by atoms with Gasteiger partial charge < -0.3 is 9.84 Å². The van der Waals surface area contributed by atoms with E-state index in [1.807, 2.05) is 43.3 Å². The Balaban J connectivity index is 2.20. The summed E-state index contributed by atoms with van der Waals surface area (Å²) in [6.45, 7) is 2.63. The lowest BCUT2D eigenvalue weighted by Crippen LogP contribution is -1.93. The molecule has 0 saturated heterocycles. The molecule has 0 aliphatic carbocycles. The van der Waals surface area contributed by atoms with Crippen LogP contribution in [0.5, 0.6) is 5.88 Å². The molecule has 1 N–H and O–H groups in total. The summed E-state index contributed by atoms with van der Waals surface area (Å²) in [6, 6.07) is 11.6. The van der Waals surface area contributed by atoms with E-state index in [4.69, 9.17) is 9.84 Å². The van der Waals surface area contributed by atoms with Gasteiger partial charge in [0.1, 0.15) is 0 Å². The topological polar surface area (TPSA) is 42.4 Å². The van der Waals surface area contributed by atoms with Crippen LogP contribution in [0.25, 0.3) is 11.1 Å². The van der Waals surface area contributed by atoms with Crippen molar-refractivity contribution in [2.24, 2.45) is 0 Å². The highest BCUT2D eigenvalue weighted by Gasteiger charge is 1.99. The van der Waals surface area contributed by atoms with E-state index in [0.717, 1.165) is 16.7 Å². The van der Waals surface area contributed by atoms with Crippen LogP contribution in [0.2, 0.25) is 0 Å². The molecule has 2 aromatic rings. The zero-order valence-electron chi connectivity index (χ0n) is 9.76. The minimum absolute atomic E-state index is 0.0712. The third kappa shape index (κ3) is 2.82. The van der Waals surface area contributed by atoms with Gasteiger partial charge in [-0.2, -0.15) is 0 Å². The number of hydrogen-bond donors (Lipinski definition) is 1. The highest BCUT2D eigenvalue weighted by Crippen LogP contribution is 2.20. The van der Waals surface area contributed by atoms with Gasteiger partial charge in [0.15, 0.2) is 0 Å². The van der Waals surface area contributed by atoms with Crippen molar-refractivity contribution in [3.63, 3.8) is 0 Å². The molecule has 0 amide bonds. The zero-order valence-corrected chi connectivity index (χ0v) is 9.76. The molecule has 0 spiro atoms. The summed E-state index contributed by atoms with van der Waals surface area (Å²) in [6.07, 6.45) is 1.79. The van der Waals surface area contributed by atoms with Crippen LogP contribution in [0, 0.1) is 0 Å². The van der Waals surface area contributed by atoms with Gasteiger partial charge in [-0.15, -0.1) is 0 Å². The summed E-state index contributed by atoms with van der Waals surface area (Å²) in [7, 11) is 0. The third-order valence-corrected chi connectivity index (χ3v) is 2.50. The molecule has 88 valence electrons. The number of rotatable bonds is 4. The van der Waals surface area contributed by atoms with E-state index in [1.54, 1.807) is 6.20 Å². The number of pyridine rings is 1. The van der Waals surface area contributed by atoms with Gasteiger partial charge in [0.2, 0.25) is 5.88 Å². The van der Waals surface area contributed by atoms with E-state index < -0.39 is 0 Å². The van der Waals surface area contributed by atoms with Crippen LogP contribution in [0.4, 0.5) is 0 Å². The Kier molecular flexibility index (Phi) is 3.73. The molecule has 1 heterocycles. The average molecular weight is 229 g/mol. The molecule has 3 heteroatoms. The summed E-state index contributed by atoms with van der Waals surface area (Å²) in [4.78, 5) is 4.22. The van der Waals surface area contributed by atoms with E-state index >= 15 is 0 Å². The lowest BCUT2D eigenvalue weighted by molar-refractivity contribution is 0.282. The largest absolute Gasteiger partial charge is 0.478 e. The van der Waals surface area contributed by atoms with Crippen molar-refractivity contribution >= 4 is 0 Å². The normalized spacial score (nSPS) is 10.2. The lowest BCUT2D eigenvalue weighted by Gasteiger charge is -2.04. The fourth-order valence-corrected chi connectivity index (χ4v) is 1.59. The minimum Gasteiger partial charge on any atom is -0.478 e. The van der Waals surface area contributed by atoms with Crippen LogP contribution in [0.15, 0.2) is 42.6 Å². The maximum absolute atomic E-state index is 8.97. The Morgan fingerprint density at radius 1 is 1.06 bits per heavy atom. The van der Waals surface area contributed by atoms with Gasteiger partial charge in [-0.1, -0.05) is 24.3 Å². The first-order valence-electron chi connectivity index (χ1n) is 5.62. The van der Waals surface area contributed by atoms with Gasteiger partial charge in [-0.3, -0.25) is 0 Å². The van der Waals surface area contributed by atoms with E-state index in [2.05, 4.69) is 4.98 Å². The van der Waals surface area contributed by atoms with Crippen LogP contribution < -0.4 is 4.74 Å². The van der Waals surface area contributed by atoms with E-state index in [-0.39, 0.29) is 6.61 Å². The Bertz CT molecular complexity index is 463. The molecule has 17 heavy (non-hydrogen) atoms. The quantitative estimate of drug-likeness (QED) is 0.876. The van der Waals surface area contributed by atoms with Crippen molar-refractivity contribution in [3.05, 3.63) is 48.2 Å². The molecule has 0 unspecified atom stereocenters. The minimum atomic E-state index is 0.0712. The average Bonchev–Trinajstić information content (AvgIpc) is 2.40. The number of benzene rings is 1. The van der Waals surface area contributed by atoms with E-state index in [1.165, 1.54) is 0 Å². The molecular formula is C14H15NO2. The van der Waals surface area contributed by atoms with Crippen LogP contribution in [-0.2, 0) is 6.61 Å². The van der Waals surface area contributed by atoms with Gasteiger partial charge in [0, 0.05) is 17.8 Å². The molecule has 2 rings (SSSR count). The summed E-state index contributed by atoms with van der Waals surface area (Å²) in [5.74, 6) is 0.642. The number of aliphatic hydroxyl groups is 1. The highest BCUT2D eigenvalue weighted by atomic mass is 16.5. The van der Waals surface area contributed by atoms with Crippen molar-refractivity contribution < 1.29 is 9.84 Å². The predicted molar refractivity (Wildman–Crippen MR) is 66.8 cm³/mol. The zero-order chi connectivity index (χ0) is 12.1. The Labute approximate surface area is 101 Å². The molecule has 1 aromatic carbocycles. The maximum atomic E-state index is 8.97. The Morgan fingerprint density at radius 3 is 2.29 bits per heavy atom. The molecule has 0 radical (unpaired) electrons. The molecule has 1 aromatic heterocycles. The highest BCUT2D eigenvalue weighted by molar-refractivity contribution is 5.62. The van der Waals surface area contributed by atoms with Crippen molar-refractivity contribution in [2.75, 3.05) is 6.61 Å². The van der Waals surface area contributed by atoms with Crippen LogP contribution in [0.3, 0.4) is 0 Å². The first kappa shape index (κ1) is 11.6. The summed E-state index contributed by atoms with van der Waals surface area (Å²) >= 11 is 0. The van der Waals surface area contributed by atoms with Gasteiger partial charge in [0.05, 0.1) is 13.2 Å². The smallest absolute Gasteiger partial charge is 0.213 e. The number of aromatic nitrogens is 1. The van der Waals surface area contributed by atoms with E-state index in [9.17, 15) is 0 Å². The SMILES string of the molecule is CCOc1ccc(-c2ccc(CO)cc2)cn1. The van der Waals surface area contributed by atoms with Gasteiger partial charge in [-0.25, -0.2) is 4.98 Å². The molecule has 0 saturated carbocycles. The molecule has 0 atom stereocenters. The Morgan fingerprint density at radius 2 is 1.76 bits per heavy atom. The molecular weight excluding hydrogens is 214 g/mol. The predicted octanol–water partition coefficient (Wildman–Crippen LogP) is 2.64.